The van der Waals surface area contributed by atoms with Crippen molar-refractivity contribution in [1.82, 2.24) is 0 Å². The van der Waals surface area contributed by atoms with Crippen LogP contribution in [0.5, 0.6) is 0 Å². The van der Waals surface area contributed by atoms with Crippen molar-refractivity contribution in [1.29, 1.82) is 0 Å². The molecular weight excluding hydrogens is 347 g/mol. The molecule has 0 saturated heterocycles. The largest absolute Gasteiger partial charge is 0.139 e. The minimum atomic E-state index is -0.920. The van der Waals surface area contributed by atoms with E-state index in [0.29, 0.717) is 0 Å². The molecule has 0 aliphatic heterocycles. The first-order valence-electron chi connectivity index (χ1n) is 11.6. The van der Waals surface area contributed by atoms with Gasteiger partial charge in [0.15, 0.2) is 0 Å². The number of hydrogen-bond acceptors (Lipinski definition) is 0. The summed E-state index contributed by atoms with van der Waals surface area (Å²) in [6, 6.07) is 13.7. The van der Waals surface area contributed by atoms with Crippen LogP contribution in [0, 0.1) is 0 Å². The minimum Gasteiger partial charge on any atom is -0.0765 e. The van der Waals surface area contributed by atoms with E-state index in [-0.39, 0.29) is 0 Å². The van der Waals surface area contributed by atoms with Gasteiger partial charge in [-0.3, -0.25) is 0 Å². The zero-order valence-electron chi connectivity index (χ0n) is 19.6. The summed E-state index contributed by atoms with van der Waals surface area (Å²) in [5.74, 6) is 0. The first-order chi connectivity index (χ1) is 11.6. The highest BCUT2D eigenvalue weighted by Crippen LogP contribution is 2.31. The quantitative estimate of drug-likeness (QED) is 0.242. The highest BCUT2D eigenvalue weighted by Gasteiger charge is 2.30. The summed E-state index contributed by atoms with van der Waals surface area (Å²) in [5, 5.41) is 0. The molecule has 0 aromatic heterocycles. The molecule has 0 bridgehead atoms. The van der Waals surface area contributed by atoms with Crippen molar-refractivity contribution in [3.05, 3.63) is 0 Å². The molecule has 0 saturated carbocycles. The second-order valence-electron chi connectivity index (χ2n) is 10.0. The maximum atomic E-state index is 2.66. The Morgan fingerprint density at radius 1 is 0.440 bits per heavy atom. The van der Waals surface area contributed by atoms with E-state index in [1.54, 1.807) is 37.1 Å². The average molecular weight is 399 g/mol. The Morgan fingerprint density at radius 2 is 0.640 bits per heavy atom. The van der Waals surface area contributed by atoms with Crippen molar-refractivity contribution < 1.29 is 0 Å². The fourth-order valence-corrected chi connectivity index (χ4v) is 10.8. The predicted octanol–water partition coefficient (Wildman–Crippen LogP) is 8.84. The van der Waals surface area contributed by atoms with E-state index in [2.05, 4.69) is 61.2 Å². The van der Waals surface area contributed by atoms with Gasteiger partial charge < -0.3 is 0 Å². The van der Waals surface area contributed by atoms with Crippen LogP contribution in [-0.4, -0.2) is 30.9 Å². The Kier molecular flexibility index (Phi) is 12.6. The van der Waals surface area contributed by atoms with Gasteiger partial charge in [0.2, 0.25) is 0 Å². The van der Waals surface area contributed by atoms with Gasteiger partial charge in [-0.2, -0.15) is 0 Å². The van der Waals surface area contributed by atoms with E-state index in [4.69, 9.17) is 0 Å². The molecule has 0 atom stereocenters. The van der Waals surface area contributed by atoms with Crippen LogP contribution < -0.4 is 0 Å². The van der Waals surface area contributed by atoms with Crippen molar-refractivity contribution in [2.45, 2.75) is 135 Å². The van der Waals surface area contributed by atoms with Crippen molar-refractivity contribution in [2.24, 2.45) is 0 Å². The molecule has 0 radical (unpaired) electrons. The summed E-state index contributed by atoms with van der Waals surface area (Å²) in [4.78, 5) is 0. The standard InChI is InChI=1S/C21H51BSi3/c1-10-23(7,11-2)19-16-22(17-20-24(8,12-3)13-4)18-21-25(9,14-5)15-6/h10-21H2,1-9H3. The van der Waals surface area contributed by atoms with Crippen molar-refractivity contribution in [3.63, 3.8) is 0 Å². The topological polar surface area (TPSA) is 0 Å². The van der Waals surface area contributed by atoms with Gasteiger partial charge in [0.1, 0.15) is 6.71 Å². The lowest BCUT2D eigenvalue weighted by molar-refractivity contribution is 1.09. The van der Waals surface area contributed by atoms with Crippen LogP contribution >= 0.6 is 0 Å². The lowest BCUT2D eigenvalue weighted by atomic mass is 9.44. The molecule has 0 unspecified atom stereocenters. The SMILES string of the molecule is CC[Si](C)(CC)CCB(CC[Si](C)(CC)CC)CC[Si](C)(CC)CC. The first kappa shape index (κ1) is 25.7. The lowest BCUT2D eigenvalue weighted by Crippen LogP contribution is -2.34. The van der Waals surface area contributed by atoms with Gasteiger partial charge in [-0.15, -0.1) is 0 Å². The molecule has 0 N–H and O–H groups in total. The highest BCUT2D eigenvalue weighted by atomic mass is 28.3. The van der Waals surface area contributed by atoms with E-state index < -0.39 is 24.2 Å². The van der Waals surface area contributed by atoms with Crippen LogP contribution in [0.1, 0.15) is 41.5 Å². The van der Waals surface area contributed by atoms with Gasteiger partial charge in [0.05, 0.1) is 0 Å². The summed E-state index contributed by atoms with van der Waals surface area (Å²) in [6.07, 6.45) is 4.67. The molecule has 0 aliphatic rings. The molecule has 0 amide bonds. The number of rotatable bonds is 15. The van der Waals surface area contributed by atoms with E-state index in [1.807, 2.05) is 0 Å². The van der Waals surface area contributed by atoms with Gasteiger partial charge in [0, 0.05) is 24.2 Å². The smallest absolute Gasteiger partial charge is 0.0765 e. The van der Waals surface area contributed by atoms with E-state index in [1.165, 1.54) is 36.3 Å². The molecule has 0 rings (SSSR count). The van der Waals surface area contributed by atoms with E-state index in [0.717, 1.165) is 6.71 Å². The zero-order valence-corrected chi connectivity index (χ0v) is 22.6. The molecule has 0 heterocycles. The Balaban J connectivity index is 4.86. The monoisotopic (exact) mass is 398 g/mol. The van der Waals surface area contributed by atoms with E-state index in [9.17, 15) is 0 Å². The lowest BCUT2D eigenvalue weighted by Gasteiger charge is -2.31. The average Bonchev–Trinajstić information content (AvgIpc) is 2.66. The molecule has 0 spiro atoms. The molecular formula is C21H51BSi3. The van der Waals surface area contributed by atoms with Crippen LogP contribution in [0.4, 0.5) is 0 Å². The van der Waals surface area contributed by atoms with Gasteiger partial charge in [-0.1, -0.05) is 135 Å². The molecule has 0 aromatic rings. The summed E-state index contributed by atoms with van der Waals surface area (Å²) < 4.78 is 0. The molecule has 25 heavy (non-hydrogen) atoms. The molecule has 150 valence electrons. The van der Waals surface area contributed by atoms with Crippen LogP contribution in [-0.2, 0) is 0 Å². The molecule has 0 aliphatic carbocycles. The van der Waals surface area contributed by atoms with Crippen molar-refractivity contribution >= 4 is 30.9 Å². The Hall–Kier alpha value is 0.716. The molecule has 0 nitrogen and oxygen atoms in total. The van der Waals surface area contributed by atoms with Gasteiger partial charge in [-0.05, 0) is 0 Å². The second kappa shape index (κ2) is 12.2. The first-order valence-corrected chi connectivity index (χ1v) is 21.0. The fourth-order valence-electron chi connectivity index (χ4n) is 3.90. The number of hydrogen-bond donors (Lipinski definition) is 0. The molecule has 0 aromatic carbocycles. The fraction of sp³-hybridized carbons (Fsp3) is 1.00. The van der Waals surface area contributed by atoms with Crippen LogP contribution in [0.25, 0.3) is 0 Å². The second-order valence-corrected chi connectivity index (χ2v) is 26.6. The van der Waals surface area contributed by atoms with Crippen molar-refractivity contribution in [3.8, 4) is 0 Å². The third-order valence-corrected chi connectivity index (χ3v) is 23.3. The zero-order chi connectivity index (χ0) is 19.6. The Labute approximate surface area is 165 Å². The summed E-state index contributed by atoms with van der Waals surface area (Å²) in [6.45, 7) is 23.8. The highest BCUT2D eigenvalue weighted by molar-refractivity contribution is 6.82. The van der Waals surface area contributed by atoms with Crippen LogP contribution in [0.15, 0.2) is 0 Å². The third kappa shape index (κ3) is 9.46. The Morgan fingerprint density at radius 3 is 0.800 bits per heavy atom. The van der Waals surface area contributed by atoms with E-state index >= 15 is 0 Å². The maximum Gasteiger partial charge on any atom is 0.139 e. The predicted molar refractivity (Wildman–Crippen MR) is 132 cm³/mol. The maximum absolute atomic E-state index is 2.66. The molecule has 0 fully saturated rings. The van der Waals surface area contributed by atoms with Crippen molar-refractivity contribution in [2.75, 3.05) is 0 Å². The summed E-state index contributed by atoms with van der Waals surface area (Å²) in [5.41, 5.74) is 0. The minimum absolute atomic E-state index is 0.920. The van der Waals surface area contributed by atoms with Crippen LogP contribution in [0.3, 0.4) is 0 Å². The van der Waals surface area contributed by atoms with Gasteiger partial charge in [-0.25, -0.2) is 0 Å². The molecule has 4 heteroatoms. The summed E-state index contributed by atoms with van der Waals surface area (Å²) in [7, 11) is -2.76. The summed E-state index contributed by atoms with van der Waals surface area (Å²) >= 11 is 0. The van der Waals surface area contributed by atoms with Gasteiger partial charge >= 0.3 is 0 Å². The normalized spacial score (nSPS) is 13.3. The van der Waals surface area contributed by atoms with Gasteiger partial charge in [0.25, 0.3) is 0 Å². The third-order valence-electron chi connectivity index (χ3n) is 8.59. The Bertz CT molecular complexity index is 282. The van der Waals surface area contributed by atoms with Crippen LogP contribution in [0.2, 0.25) is 93.0 Å².